The summed E-state index contributed by atoms with van der Waals surface area (Å²) in [7, 11) is 1.92. The molecule has 0 aliphatic carbocycles. The fourth-order valence-corrected chi connectivity index (χ4v) is 2.78. The van der Waals surface area contributed by atoms with Crippen LogP contribution in [0.4, 0.5) is 5.69 Å². The minimum atomic E-state index is -0.151. The van der Waals surface area contributed by atoms with Gasteiger partial charge in [0.25, 0.3) is 5.91 Å². The summed E-state index contributed by atoms with van der Waals surface area (Å²) in [4.78, 5) is 26.1. The molecule has 0 spiro atoms. The summed E-state index contributed by atoms with van der Waals surface area (Å²) >= 11 is 0. The predicted octanol–water partition coefficient (Wildman–Crippen LogP) is 2.16. The van der Waals surface area contributed by atoms with Gasteiger partial charge in [0.05, 0.1) is 19.0 Å². The highest BCUT2D eigenvalue weighted by Gasteiger charge is 2.17. The van der Waals surface area contributed by atoms with Gasteiger partial charge in [-0.3, -0.25) is 9.59 Å². The van der Waals surface area contributed by atoms with Crippen molar-refractivity contribution in [1.29, 1.82) is 0 Å². The van der Waals surface area contributed by atoms with Gasteiger partial charge in [-0.2, -0.15) is 0 Å². The number of nitrogens with one attached hydrogen (secondary N) is 2. The smallest absolute Gasteiger partial charge is 0.279 e. The normalized spacial score (nSPS) is 11.7. The van der Waals surface area contributed by atoms with Crippen LogP contribution in [-0.2, 0) is 11.3 Å². The SMILES string of the molecule is C[NH+](CC(=O)Nc1ccccc1C(=O)c1ccccc1)Cc1ccco1. The highest BCUT2D eigenvalue weighted by Crippen LogP contribution is 2.19. The summed E-state index contributed by atoms with van der Waals surface area (Å²) in [5.41, 5.74) is 1.60. The molecule has 0 bridgehead atoms. The summed E-state index contributed by atoms with van der Waals surface area (Å²) in [6.45, 7) is 0.888. The van der Waals surface area contributed by atoms with Crippen LogP contribution in [0.2, 0.25) is 0 Å². The number of hydrogen-bond donors (Lipinski definition) is 2. The Morgan fingerprint density at radius 3 is 2.42 bits per heavy atom. The van der Waals surface area contributed by atoms with Gasteiger partial charge in [0.2, 0.25) is 0 Å². The lowest BCUT2D eigenvalue weighted by molar-refractivity contribution is -0.886. The Bertz CT molecular complexity index is 873. The van der Waals surface area contributed by atoms with E-state index in [4.69, 9.17) is 4.42 Å². The van der Waals surface area contributed by atoms with E-state index in [1.54, 1.807) is 42.7 Å². The Morgan fingerprint density at radius 1 is 0.962 bits per heavy atom. The third-order valence-corrected chi connectivity index (χ3v) is 4.00. The van der Waals surface area contributed by atoms with Crippen molar-refractivity contribution in [1.82, 2.24) is 0 Å². The molecule has 132 valence electrons. The lowest BCUT2D eigenvalue weighted by Crippen LogP contribution is -3.08. The molecule has 26 heavy (non-hydrogen) atoms. The second-order valence-electron chi connectivity index (χ2n) is 6.18. The molecule has 0 fully saturated rings. The molecule has 5 nitrogen and oxygen atoms in total. The first-order chi connectivity index (χ1) is 12.6. The molecule has 1 heterocycles. The van der Waals surface area contributed by atoms with E-state index in [0.717, 1.165) is 10.7 Å². The Kier molecular flexibility index (Phi) is 5.61. The van der Waals surface area contributed by atoms with Crippen LogP contribution in [0.3, 0.4) is 0 Å². The molecule has 5 heteroatoms. The molecule has 1 unspecified atom stereocenters. The number of ketones is 1. The van der Waals surface area contributed by atoms with Crippen LogP contribution in [0.5, 0.6) is 0 Å². The van der Waals surface area contributed by atoms with E-state index in [9.17, 15) is 9.59 Å². The summed E-state index contributed by atoms with van der Waals surface area (Å²) < 4.78 is 5.31. The van der Waals surface area contributed by atoms with Crippen LogP contribution in [-0.4, -0.2) is 25.3 Å². The number of hydrogen-bond acceptors (Lipinski definition) is 3. The molecule has 0 aliphatic heterocycles. The van der Waals surface area contributed by atoms with Gasteiger partial charge in [-0.15, -0.1) is 0 Å². The van der Waals surface area contributed by atoms with Gasteiger partial charge in [-0.25, -0.2) is 0 Å². The zero-order valence-electron chi connectivity index (χ0n) is 14.6. The first-order valence-electron chi connectivity index (χ1n) is 8.46. The lowest BCUT2D eigenvalue weighted by atomic mass is 10.0. The second kappa shape index (κ2) is 8.27. The first kappa shape index (κ1) is 17.6. The van der Waals surface area contributed by atoms with E-state index in [1.165, 1.54) is 0 Å². The van der Waals surface area contributed by atoms with Crippen molar-refractivity contribution in [2.75, 3.05) is 18.9 Å². The molecule has 0 aliphatic rings. The van der Waals surface area contributed by atoms with Crippen LogP contribution < -0.4 is 10.2 Å². The Labute approximate surface area is 152 Å². The minimum absolute atomic E-state index is 0.113. The second-order valence-corrected chi connectivity index (χ2v) is 6.18. The Balaban J connectivity index is 1.68. The predicted molar refractivity (Wildman–Crippen MR) is 99.1 cm³/mol. The van der Waals surface area contributed by atoms with Gasteiger partial charge in [-0.05, 0) is 24.3 Å². The van der Waals surface area contributed by atoms with Crippen molar-refractivity contribution in [3.63, 3.8) is 0 Å². The van der Waals surface area contributed by atoms with Crippen LogP contribution in [0, 0.1) is 0 Å². The number of rotatable bonds is 7. The summed E-state index contributed by atoms with van der Waals surface area (Å²) in [5.74, 6) is 0.565. The summed E-state index contributed by atoms with van der Waals surface area (Å²) in [5, 5.41) is 2.86. The molecule has 2 aromatic carbocycles. The largest absolute Gasteiger partial charge is 0.463 e. The summed E-state index contributed by atoms with van der Waals surface area (Å²) in [6.07, 6.45) is 1.62. The van der Waals surface area contributed by atoms with Crippen molar-refractivity contribution in [3.8, 4) is 0 Å². The number of likely N-dealkylation sites (N-methyl/N-ethyl adjacent to an activating group) is 1. The fourth-order valence-electron chi connectivity index (χ4n) is 2.78. The first-order valence-corrected chi connectivity index (χ1v) is 8.46. The monoisotopic (exact) mass is 349 g/mol. The number of furan rings is 1. The van der Waals surface area contributed by atoms with Crippen LogP contribution in [0.25, 0.3) is 0 Å². The molecule has 3 aromatic rings. The number of amides is 1. The molecule has 0 saturated carbocycles. The van der Waals surface area contributed by atoms with E-state index in [-0.39, 0.29) is 18.2 Å². The average molecular weight is 349 g/mol. The number of carbonyl (C=O) groups excluding carboxylic acids is 2. The van der Waals surface area contributed by atoms with Gasteiger partial charge in [0.15, 0.2) is 18.1 Å². The molecule has 0 radical (unpaired) electrons. The lowest BCUT2D eigenvalue weighted by Gasteiger charge is -2.14. The van der Waals surface area contributed by atoms with E-state index in [1.807, 2.05) is 37.4 Å². The van der Waals surface area contributed by atoms with Crippen molar-refractivity contribution in [3.05, 3.63) is 89.9 Å². The highest BCUT2D eigenvalue weighted by molar-refractivity contribution is 6.13. The zero-order chi connectivity index (χ0) is 18.4. The van der Waals surface area contributed by atoms with Gasteiger partial charge >= 0.3 is 0 Å². The van der Waals surface area contributed by atoms with Crippen molar-refractivity contribution in [2.45, 2.75) is 6.54 Å². The highest BCUT2D eigenvalue weighted by atomic mass is 16.3. The van der Waals surface area contributed by atoms with E-state index in [2.05, 4.69) is 5.32 Å². The quantitative estimate of drug-likeness (QED) is 0.643. The maximum atomic E-state index is 12.7. The van der Waals surface area contributed by atoms with Crippen molar-refractivity contribution in [2.24, 2.45) is 0 Å². The third kappa shape index (κ3) is 4.46. The van der Waals surface area contributed by atoms with Gasteiger partial charge in [-0.1, -0.05) is 42.5 Å². The van der Waals surface area contributed by atoms with Crippen LogP contribution in [0.1, 0.15) is 21.7 Å². The number of quaternary nitrogens is 1. The molecule has 1 atom stereocenters. The molecular weight excluding hydrogens is 328 g/mol. The van der Waals surface area contributed by atoms with Gasteiger partial charge < -0.3 is 14.6 Å². The number of carbonyl (C=O) groups is 2. The Morgan fingerprint density at radius 2 is 1.69 bits per heavy atom. The zero-order valence-corrected chi connectivity index (χ0v) is 14.6. The van der Waals surface area contributed by atoms with Gasteiger partial charge in [0, 0.05) is 11.1 Å². The van der Waals surface area contributed by atoms with Crippen molar-refractivity contribution >= 4 is 17.4 Å². The molecule has 0 saturated heterocycles. The fraction of sp³-hybridized carbons (Fsp3) is 0.143. The van der Waals surface area contributed by atoms with E-state index in [0.29, 0.717) is 23.4 Å². The minimum Gasteiger partial charge on any atom is -0.463 e. The van der Waals surface area contributed by atoms with Gasteiger partial charge in [0.1, 0.15) is 6.54 Å². The maximum absolute atomic E-state index is 12.7. The average Bonchev–Trinajstić information content (AvgIpc) is 3.15. The topological polar surface area (TPSA) is 63.8 Å². The van der Waals surface area contributed by atoms with E-state index < -0.39 is 0 Å². The van der Waals surface area contributed by atoms with E-state index >= 15 is 0 Å². The molecule has 3 rings (SSSR count). The van der Waals surface area contributed by atoms with Crippen LogP contribution >= 0.6 is 0 Å². The number of anilines is 1. The number of benzene rings is 2. The Hall–Kier alpha value is -3.18. The van der Waals surface area contributed by atoms with Crippen molar-refractivity contribution < 1.29 is 18.9 Å². The summed E-state index contributed by atoms with van der Waals surface area (Å²) in [6, 6.07) is 19.8. The standard InChI is InChI=1S/C21H20N2O3/c1-23(14-17-10-7-13-26-17)15-20(24)22-19-12-6-5-11-18(19)21(25)16-8-3-2-4-9-16/h2-13H,14-15H2,1H3,(H,22,24)/p+1. The van der Waals surface area contributed by atoms with Crippen LogP contribution in [0.15, 0.2) is 77.4 Å². The third-order valence-electron chi connectivity index (χ3n) is 4.00. The molecule has 1 aromatic heterocycles. The molecular formula is C21H21N2O3+. The maximum Gasteiger partial charge on any atom is 0.279 e. The molecule has 1 amide bonds. The molecule has 2 N–H and O–H groups in total. The number of para-hydroxylation sites is 1.